The molecule has 0 aliphatic rings. The molecule has 0 spiro atoms. The largest absolute Gasteiger partial charge is 0.358 e. The molecule has 2 heterocycles. The maximum absolute atomic E-state index is 12.4. The Morgan fingerprint density at radius 2 is 1.73 bits per heavy atom. The Morgan fingerprint density at radius 3 is 2.53 bits per heavy atom. The topological polar surface area (TPSA) is 91.8 Å². The second-order valence-corrected chi connectivity index (χ2v) is 7.17. The van der Waals surface area contributed by atoms with Crippen LogP contribution in [0.3, 0.4) is 0 Å². The molecule has 0 unspecified atom stereocenters. The smallest absolute Gasteiger partial charge is 0.243 e. The van der Waals surface area contributed by atoms with Gasteiger partial charge in [0.05, 0.1) is 36.2 Å². The zero-order chi connectivity index (χ0) is 21.1. The van der Waals surface area contributed by atoms with Gasteiger partial charge in [-0.3, -0.25) is 9.59 Å². The molecule has 0 radical (unpaired) electrons. The van der Waals surface area contributed by atoms with Crippen molar-refractivity contribution in [3.63, 3.8) is 0 Å². The first-order valence-electron chi connectivity index (χ1n) is 9.75. The molecule has 30 heavy (non-hydrogen) atoms. The minimum absolute atomic E-state index is 0.101. The average Bonchev–Trinajstić information content (AvgIpc) is 3.27. The molecule has 3 N–H and O–H groups in total. The number of hydrogen-bond acceptors (Lipinski definition) is 3. The first-order valence-corrected chi connectivity index (χ1v) is 9.75. The van der Waals surface area contributed by atoms with E-state index in [-0.39, 0.29) is 24.8 Å². The van der Waals surface area contributed by atoms with Crippen molar-refractivity contribution in [3.05, 3.63) is 77.7 Å². The van der Waals surface area contributed by atoms with E-state index in [2.05, 4.69) is 20.7 Å². The first kappa shape index (κ1) is 19.4. The Kier molecular flexibility index (Phi) is 5.34. The zero-order valence-electron chi connectivity index (χ0n) is 16.9. The van der Waals surface area contributed by atoms with E-state index < -0.39 is 0 Å². The maximum atomic E-state index is 12.4. The van der Waals surface area contributed by atoms with Crippen LogP contribution >= 0.6 is 0 Å². The van der Waals surface area contributed by atoms with Crippen LogP contribution in [0, 0.1) is 13.8 Å². The van der Waals surface area contributed by atoms with Gasteiger partial charge in [-0.1, -0.05) is 36.4 Å². The number of hydrogen-bond donors (Lipinski definition) is 3. The van der Waals surface area contributed by atoms with Crippen LogP contribution < -0.4 is 10.6 Å². The van der Waals surface area contributed by atoms with Crippen molar-refractivity contribution in [2.45, 2.75) is 20.3 Å². The van der Waals surface area contributed by atoms with Crippen molar-refractivity contribution in [1.82, 2.24) is 20.1 Å². The fourth-order valence-corrected chi connectivity index (χ4v) is 3.52. The van der Waals surface area contributed by atoms with Gasteiger partial charge in [-0.2, -0.15) is 5.10 Å². The molecular formula is C23H23N5O2. The molecule has 0 fully saturated rings. The summed E-state index contributed by atoms with van der Waals surface area (Å²) in [6, 6.07) is 17.6. The lowest BCUT2D eigenvalue weighted by Gasteiger charge is -2.08. The highest BCUT2D eigenvalue weighted by molar-refractivity contribution is 5.96. The lowest BCUT2D eigenvalue weighted by Crippen LogP contribution is -2.33. The Balaban J connectivity index is 1.35. The molecule has 2 aromatic heterocycles. The zero-order valence-corrected chi connectivity index (χ0v) is 16.9. The number of carbonyl (C=O) groups is 2. The summed E-state index contributed by atoms with van der Waals surface area (Å²) in [6.07, 6.45) is 1.82. The van der Waals surface area contributed by atoms with Crippen LogP contribution in [-0.4, -0.2) is 33.1 Å². The van der Waals surface area contributed by atoms with Crippen molar-refractivity contribution in [2.24, 2.45) is 0 Å². The van der Waals surface area contributed by atoms with E-state index in [1.54, 1.807) is 10.9 Å². The summed E-state index contributed by atoms with van der Waals surface area (Å²) < 4.78 is 1.76. The van der Waals surface area contributed by atoms with E-state index in [4.69, 9.17) is 0 Å². The molecule has 152 valence electrons. The number of carbonyl (C=O) groups excluding carboxylic acids is 2. The number of H-pyrrole nitrogens is 1. The number of benzene rings is 2. The summed E-state index contributed by atoms with van der Waals surface area (Å²) >= 11 is 0. The third-order valence-corrected chi connectivity index (χ3v) is 5.10. The average molecular weight is 401 g/mol. The molecular weight excluding hydrogens is 378 g/mol. The van der Waals surface area contributed by atoms with Gasteiger partial charge in [0, 0.05) is 16.6 Å². The van der Waals surface area contributed by atoms with Gasteiger partial charge in [0.15, 0.2) is 0 Å². The second kappa shape index (κ2) is 8.24. The SMILES string of the molecule is Cc1[nH]c2ccccc2c1CC(=O)NCC(=O)Nc1cnn(-c2ccccc2)c1C. The Morgan fingerprint density at radius 1 is 1.00 bits per heavy atom. The Labute approximate surface area is 174 Å². The van der Waals surface area contributed by atoms with Gasteiger partial charge in [-0.15, -0.1) is 0 Å². The van der Waals surface area contributed by atoms with Crippen molar-refractivity contribution < 1.29 is 9.59 Å². The van der Waals surface area contributed by atoms with Gasteiger partial charge in [0.2, 0.25) is 11.8 Å². The van der Waals surface area contributed by atoms with Crippen molar-refractivity contribution >= 4 is 28.4 Å². The summed E-state index contributed by atoms with van der Waals surface area (Å²) in [5.74, 6) is -0.496. The molecule has 0 saturated heterocycles. The first-order chi connectivity index (χ1) is 14.5. The van der Waals surface area contributed by atoms with Crippen LogP contribution in [0.5, 0.6) is 0 Å². The number of fused-ring (bicyclic) bond motifs is 1. The molecule has 0 atom stereocenters. The highest BCUT2D eigenvalue weighted by Crippen LogP contribution is 2.22. The minimum Gasteiger partial charge on any atom is -0.358 e. The van der Waals surface area contributed by atoms with Gasteiger partial charge in [0.25, 0.3) is 0 Å². The van der Waals surface area contributed by atoms with Crippen LogP contribution in [0.4, 0.5) is 5.69 Å². The van der Waals surface area contributed by atoms with Crippen LogP contribution in [0.15, 0.2) is 60.8 Å². The summed E-state index contributed by atoms with van der Waals surface area (Å²) in [6.45, 7) is 3.73. The Bertz CT molecular complexity index is 1210. The second-order valence-electron chi connectivity index (χ2n) is 7.17. The summed E-state index contributed by atoms with van der Waals surface area (Å²) in [5.41, 5.74) is 5.25. The third kappa shape index (κ3) is 3.96. The summed E-state index contributed by atoms with van der Waals surface area (Å²) in [7, 11) is 0. The number of para-hydroxylation sites is 2. The van der Waals surface area contributed by atoms with Crippen molar-refractivity contribution in [1.29, 1.82) is 0 Å². The number of rotatable bonds is 6. The highest BCUT2D eigenvalue weighted by atomic mass is 16.2. The monoisotopic (exact) mass is 401 g/mol. The van der Waals surface area contributed by atoms with E-state index in [1.165, 1.54) is 0 Å². The predicted molar refractivity (Wildman–Crippen MR) is 117 cm³/mol. The van der Waals surface area contributed by atoms with E-state index in [0.29, 0.717) is 5.69 Å². The quantitative estimate of drug-likeness (QED) is 0.463. The van der Waals surface area contributed by atoms with Gasteiger partial charge >= 0.3 is 0 Å². The number of aryl methyl sites for hydroxylation is 1. The van der Waals surface area contributed by atoms with Crippen molar-refractivity contribution in [2.75, 3.05) is 11.9 Å². The van der Waals surface area contributed by atoms with E-state index in [9.17, 15) is 9.59 Å². The predicted octanol–water partition coefficient (Wildman–Crippen LogP) is 3.27. The normalized spacial score (nSPS) is 10.9. The number of amides is 2. The number of nitrogens with zero attached hydrogens (tertiary/aromatic N) is 2. The number of anilines is 1. The van der Waals surface area contributed by atoms with Gasteiger partial charge < -0.3 is 15.6 Å². The van der Waals surface area contributed by atoms with Gasteiger partial charge in [-0.25, -0.2) is 4.68 Å². The summed E-state index contributed by atoms with van der Waals surface area (Å²) in [5, 5.41) is 10.9. The van der Waals surface area contributed by atoms with Gasteiger partial charge in [0.1, 0.15) is 0 Å². The fraction of sp³-hybridized carbons (Fsp3) is 0.174. The lowest BCUT2D eigenvalue weighted by molar-refractivity contribution is -0.123. The molecule has 0 aliphatic heterocycles. The van der Waals surface area contributed by atoms with Crippen LogP contribution in [0.2, 0.25) is 0 Å². The standard InChI is InChI=1S/C23H23N5O2/c1-15-19(18-10-6-7-11-20(18)26-15)12-22(29)24-14-23(30)27-21-13-25-28(16(21)2)17-8-4-3-5-9-17/h3-11,13,26H,12,14H2,1-2H3,(H,24,29)(H,27,30). The number of nitrogens with one attached hydrogen (secondary N) is 3. The molecule has 0 aliphatic carbocycles. The van der Waals surface area contributed by atoms with E-state index >= 15 is 0 Å². The molecule has 7 heteroatoms. The van der Waals surface area contributed by atoms with Crippen LogP contribution in [0.25, 0.3) is 16.6 Å². The molecule has 7 nitrogen and oxygen atoms in total. The maximum Gasteiger partial charge on any atom is 0.243 e. The fourth-order valence-electron chi connectivity index (χ4n) is 3.52. The molecule has 0 saturated carbocycles. The molecule has 4 aromatic rings. The number of aromatic amines is 1. The molecule has 4 rings (SSSR count). The third-order valence-electron chi connectivity index (χ3n) is 5.10. The summed E-state index contributed by atoms with van der Waals surface area (Å²) in [4.78, 5) is 28.0. The van der Waals surface area contributed by atoms with Crippen LogP contribution in [0.1, 0.15) is 17.0 Å². The van der Waals surface area contributed by atoms with Crippen molar-refractivity contribution in [3.8, 4) is 5.69 Å². The Hall–Kier alpha value is -3.87. The van der Waals surface area contributed by atoms with Gasteiger partial charge in [-0.05, 0) is 37.6 Å². The minimum atomic E-state index is -0.297. The highest BCUT2D eigenvalue weighted by Gasteiger charge is 2.14. The van der Waals surface area contributed by atoms with E-state index in [0.717, 1.165) is 33.5 Å². The molecule has 2 aromatic carbocycles. The van der Waals surface area contributed by atoms with Crippen LogP contribution in [-0.2, 0) is 16.0 Å². The molecule has 0 bridgehead atoms. The lowest BCUT2D eigenvalue weighted by atomic mass is 10.1. The van der Waals surface area contributed by atoms with E-state index in [1.807, 2.05) is 68.4 Å². The number of aromatic nitrogens is 3. The molecule has 2 amide bonds.